The molecule has 0 bridgehead atoms. The molecule has 112 valence electrons. The minimum Gasteiger partial charge on any atom is -0.348 e. The molecule has 1 heterocycles. The van der Waals surface area contributed by atoms with Gasteiger partial charge in [-0.2, -0.15) is 0 Å². The molecule has 0 radical (unpaired) electrons. The summed E-state index contributed by atoms with van der Waals surface area (Å²) in [6, 6.07) is 11.9. The van der Waals surface area contributed by atoms with Gasteiger partial charge in [0.15, 0.2) is 0 Å². The molecule has 1 aromatic carbocycles. The molecule has 0 spiro atoms. The Kier molecular flexibility index (Phi) is 6.89. The van der Waals surface area contributed by atoms with Crippen molar-refractivity contribution >= 4 is 18.3 Å². The first-order chi connectivity index (χ1) is 9.70. The number of hydrogen-bond acceptors (Lipinski definition) is 2. The Morgan fingerprint density at radius 2 is 1.95 bits per heavy atom. The average molecular weight is 305 g/mol. The summed E-state index contributed by atoms with van der Waals surface area (Å²) in [4.78, 5) is 15.8. The molecule has 2 aromatic rings. The number of hydrogen-bond donors (Lipinski definition) is 1. The predicted molar refractivity (Wildman–Crippen MR) is 87.8 cm³/mol. The van der Waals surface area contributed by atoms with Crippen molar-refractivity contribution in [3.63, 3.8) is 0 Å². The number of amides is 1. The van der Waals surface area contributed by atoms with E-state index in [1.165, 1.54) is 5.56 Å². The summed E-state index contributed by atoms with van der Waals surface area (Å²) in [7, 11) is 0. The van der Waals surface area contributed by atoms with Crippen LogP contribution in [-0.4, -0.2) is 10.9 Å². The maximum absolute atomic E-state index is 11.9. The van der Waals surface area contributed by atoms with Crippen LogP contribution < -0.4 is 5.32 Å². The molecular formula is C17H21ClN2O. The maximum Gasteiger partial charge on any atom is 0.253 e. The summed E-state index contributed by atoms with van der Waals surface area (Å²) in [6.07, 6.45) is 4.36. The van der Waals surface area contributed by atoms with Gasteiger partial charge in [0, 0.05) is 18.9 Å². The van der Waals surface area contributed by atoms with Crippen LogP contribution >= 0.6 is 12.4 Å². The van der Waals surface area contributed by atoms with Gasteiger partial charge < -0.3 is 5.32 Å². The molecule has 2 rings (SSSR count). The van der Waals surface area contributed by atoms with Crippen molar-refractivity contribution in [3.8, 4) is 0 Å². The Morgan fingerprint density at radius 1 is 1.24 bits per heavy atom. The molecule has 21 heavy (non-hydrogen) atoms. The smallest absolute Gasteiger partial charge is 0.253 e. The molecule has 3 nitrogen and oxygen atoms in total. The summed E-state index contributed by atoms with van der Waals surface area (Å²) < 4.78 is 0. The summed E-state index contributed by atoms with van der Waals surface area (Å²) in [5, 5.41) is 2.90. The molecule has 1 amide bonds. The summed E-state index contributed by atoms with van der Waals surface area (Å²) in [6.45, 7) is 4.94. The number of rotatable bonds is 5. The fourth-order valence-electron chi connectivity index (χ4n) is 1.98. The van der Waals surface area contributed by atoms with E-state index in [2.05, 4.69) is 48.4 Å². The third kappa shape index (κ3) is 4.87. The van der Waals surface area contributed by atoms with Crippen LogP contribution in [0.1, 0.15) is 47.7 Å². The molecule has 0 aliphatic heterocycles. The highest BCUT2D eigenvalue weighted by molar-refractivity contribution is 5.93. The second kappa shape index (κ2) is 8.42. The van der Waals surface area contributed by atoms with Crippen LogP contribution in [-0.2, 0) is 6.54 Å². The minimum absolute atomic E-state index is 0. The van der Waals surface area contributed by atoms with Crippen LogP contribution in [0.2, 0.25) is 0 Å². The summed E-state index contributed by atoms with van der Waals surface area (Å²) in [5.41, 5.74) is 3.04. The molecule has 1 atom stereocenters. The van der Waals surface area contributed by atoms with Crippen molar-refractivity contribution < 1.29 is 4.79 Å². The number of nitrogens with zero attached hydrogens (tertiary/aromatic N) is 1. The Balaban J connectivity index is 0.00000220. The van der Waals surface area contributed by atoms with E-state index in [0.717, 1.165) is 12.0 Å². The summed E-state index contributed by atoms with van der Waals surface area (Å²) in [5.74, 6) is 0.484. The monoisotopic (exact) mass is 304 g/mol. The second-order valence-electron chi connectivity index (χ2n) is 4.98. The molecule has 0 saturated heterocycles. The number of halogens is 1. The number of benzene rings is 1. The SMILES string of the molecule is CCC(C)c1ccc(CNC(=O)c2cccnc2)cc1.Cl. The van der Waals surface area contributed by atoms with E-state index in [9.17, 15) is 4.79 Å². The Labute approximate surface area is 132 Å². The van der Waals surface area contributed by atoms with E-state index in [4.69, 9.17) is 0 Å². The highest BCUT2D eigenvalue weighted by Crippen LogP contribution is 2.18. The average Bonchev–Trinajstić information content (AvgIpc) is 2.53. The summed E-state index contributed by atoms with van der Waals surface area (Å²) >= 11 is 0. The van der Waals surface area contributed by atoms with Gasteiger partial charge in [0.25, 0.3) is 5.91 Å². The van der Waals surface area contributed by atoms with Gasteiger partial charge >= 0.3 is 0 Å². The fourth-order valence-corrected chi connectivity index (χ4v) is 1.98. The van der Waals surface area contributed by atoms with Crippen LogP contribution in [0.25, 0.3) is 0 Å². The van der Waals surface area contributed by atoms with E-state index < -0.39 is 0 Å². The van der Waals surface area contributed by atoms with Gasteiger partial charge in [-0.1, -0.05) is 38.1 Å². The standard InChI is InChI=1S/C17H20N2O.ClH/c1-3-13(2)15-8-6-14(7-9-15)11-19-17(20)16-5-4-10-18-12-16;/h4-10,12-13H,3,11H2,1-2H3,(H,19,20);1H. The number of pyridine rings is 1. The second-order valence-corrected chi connectivity index (χ2v) is 4.98. The largest absolute Gasteiger partial charge is 0.348 e. The molecular weight excluding hydrogens is 284 g/mol. The fraction of sp³-hybridized carbons (Fsp3) is 0.294. The lowest BCUT2D eigenvalue weighted by molar-refractivity contribution is 0.0950. The van der Waals surface area contributed by atoms with Crippen LogP contribution in [0.4, 0.5) is 0 Å². The van der Waals surface area contributed by atoms with E-state index in [0.29, 0.717) is 18.0 Å². The zero-order valence-electron chi connectivity index (χ0n) is 12.4. The normalized spacial score (nSPS) is 11.3. The van der Waals surface area contributed by atoms with Gasteiger partial charge in [-0.05, 0) is 35.6 Å². The Morgan fingerprint density at radius 3 is 2.52 bits per heavy atom. The molecule has 4 heteroatoms. The zero-order chi connectivity index (χ0) is 14.4. The van der Waals surface area contributed by atoms with Crippen molar-refractivity contribution in [3.05, 3.63) is 65.5 Å². The van der Waals surface area contributed by atoms with Crippen LogP contribution in [0.15, 0.2) is 48.8 Å². The van der Waals surface area contributed by atoms with E-state index in [1.807, 2.05) is 0 Å². The highest BCUT2D eigenvalue weighted by atomic mass is 35.5. The lowest BCUT2D eigenvalue weighted by Crippen LogP contribution is -2.22. The van der Waals surface area contributed by atoms with Crippen LogP contribution in [0.5, 0.6) is 0 Å². The molecule has 0 aliphatic rings. The first kappa shape index (κ1) is 17.2. The van der Waals surface area contributed by atoms with Gasteiger partial charge in [-0.25, -0.2) is 0 Å². The van der Waals surface area contributed by atoms with Gasteiger partial charge in [0.1, 0.15) is 0 Å². The Bertz CT molecular complexity index is 555. The van der Waals surface area contributed by atoms with Gasteiger partial charge in [0.2, 0.25) is 0 Å². The first-order valence-electron chi connectivity index (χ1n) is 6.97. The zero-order valence-corrected chi connectivity index (χ0v) is 13.2. The van der Waals surface area contributed by atoms with Gasteiger partial charge in [-0.15, -0.1) is 12.4 Å². The predicted octanol–water partition coefficient (Wildman–Crippen LogP) is 3.95. The molecule has 0 saturated carbocycles. The van der Waals surface area contributed by atoms with Crippen molar-refractivity contribution in [1.82, 2.24) is 10.3 Å². The number of nitrogens with one attached hydrogen (secondary N) is 1. The van der Waals surface area contributed by atoms with Crippen molar-refractivity contribution in [2.75, 3.05) is 0 Å². The van der Waals surface area contributed by atoms with E-state index in [-0.39, 0.29) is 18.3 Å². The highest BCUT2D eigenvalue weighted by Gasteiger charge is 2.05. The van der Waals surface area contributed by atoms with Gasteiger partial charge in [0.05, 0.1) is 5.56 Å². The third-order valence-corrected chi connectivity index (χ3v) is 3.54. The number of carbonyl (C=O) groups is 1. The molecule has 1 aromatic heterocycles. The van der Waals surface area contributed by atoms with E-state index >= 15 is 0 Å². The van der Waals surface area contributed by atoms with Crippen molar-refractivity contribution in [1.29, 1.82) is 0 Å². The van der Waals surface area contributed by atoms with E-state index in [1.54, 1.807) is 24.5 Å². The topological polar surface area (TPSA) is 42.0 Å². The molecule has 1 N–H and O–H groups in total. The minimum atomic E-state index is -0.0934. The van der Waals surface area contributed by atoms with Crippen LogP contribution in [0, 0.1) is 0 Å². The third-order valence-electron chi connectivity index (χ3n) is 3.54. The number of carbonyl (C=O) groups excluding carboxylic acids is 1. The Hall–Kier alpha value is -1.87. The number of aromatic nitrogens is 1. The van der Waals surface area contributed by atoms with Crippen LogP contribution in [0.3, 0.4) is 0 Å². The quantitative estimate of drug-likeness (QED) is 0.909. The van der Waals surface area contributed by atoms with Gasteiger partial charge in [-0.3, -0.25) is 9.78 Å². The van der Waals surface area contributed by atoms with Crippen molar-refractivity contribution in [2.24, 2.45) is 0 Å². The molecule has 0 fully saturated rings. The van der Waals surface area contributed by atoms with Crippen molar-refractivity contribution in [2.45, 2.75) is 32.7 Å². The lowest BCUT2D eigenvalue weighted by Gasteiger charge is -2.10. The maximum atomic E-state index is 11.9. The molecule has 1 unspecified atom stereocenters. The first-order valence-corrected chi connectivity index (χ1v) is 6.97. The lowest BCUT2D eigenvalue weighted by atomic mass is 9.98. The molecule has 0 aliphatic carbocycles.